The minimum absolute atomic E-state index is 0.167. The highest BCUT2D eigenvalue weighted by molar-refractivity contribution is 7.80. The number of rotatable bonds is 4. The summed E-state index contributed by atoms with van der Waals surface area (Å²) < 4.78 is 0. The molecule has 4 N–H and O–H groups in total. The average Bonchev–Trinajstić information content (AvgIpc) is 2.47. The summed E-state index contributed by atoms with van der Waals surface area (Å²) in [6.07, 6.45) is 3.04. The van der Waals surface area contributed by atoms with Crippen LogP contribution in [0.2, 0.25) is 0 Å². The summed E-state index contributed by atoms with van der Waals surface area (Å²) in [4.78, 5) is 0. The second-order valence-corrected chi connectivity index (χ2v) is 4.67. The molecule has 0 spiro atoms. The van der Waals surface area contributed by atoms with Gasteiger partial charge in [-0.15, -0.1) is 0 Å². The Bertz CT molecular complexity index is 657. The molecular weight excluding hydrogens is 300 g/mol. The molecule has 0 aromatic heterocycles. The number of phenolic OH excluding ortho intramolecular Hbond substituents is 2. The number of hydrogen-bond donors (Lipinski definition) is 4. The van der Waals surface area contributed by atoms with Crippen LogP contribution in [0.1, 0.15) is 11.1 Å². The zero-order valence-electron chi connectivity index (χ0n) is 11.5. The maximum Gasteiger partial charge on any atom is 0.207 e. The largest absolute Gasteiger partial charge is 0.508 e. The first-order valence-electron chi connectivity index (χ1n) is 6.34. The Kier molecular flexibility index (Phi) is 5.44. The van der Waals surface area contributed by atoms with E-state index < -0.39 is 0 Å². The van der Waals surface area contributed by atoms with Gasteiger partial charge in [0.05, 0.1) is 12.4 Å². The molecule has 0 aliphatic heterocycles. The Balaban J connectivity index is 1.81. The van der Waals surface area contributed by atoms with Crippen molar-refractivity contribution >= 4 is 29.8 Å². The second-order valence-electron chi connectivity index (χ2n) is 4.26. The summed E-state index contributed by atoms with van der Waals surface area (Å²) in [5.74, 6) is 0.334. The van der Waals surface area contributed by atoms with Gasteiger partial charge in [-0.25, -0.2) is 0 Å². The molecule has 0 aliphatic carbocycles. The van der Waals surface area contributed by atoms with Crippen molar-refractivity contribution < 1.29 is 10.2 Å². The molecule has 0 heterocycles. The number of aromatic hydroxyl groups is 2. The number of benzene rings is 2. The fourth-order valence-electron chi connectivity index (χ4n) is 1.57. The summed E-state index contributed by atoms with van der Waals surface area (Å²) >= 11 is 4.99. The number of nitrogens with zero attached hydrogens (tertiary/aromatic N) is 2. The predicted molar refractivity (Wildman–Crippen MR) is 90.3 cm³/mol. The minimum atomic E-state index is 0.167. The van der Waals surface area contributed by atoms with Crippen LogP contribution in [-0.4, -0.2) is 27.8 Å². The number of thiocarbonyl (C=S) groups is 1. The molecule has 2 aromatic carbocycles. The monoisotopic (exact) mass is 314 g/mol. The van der Waals surface area contributed by atoms with Crippen LogP contribution in [0, 0.1) is 0 Å². The molecule has 2 aromatic rings. The third-order valence-corrected chi connectivity index (χ3v) is 2.68. The van der Waals surface area contributed by atoms with Crippen LogP contribution in [0.5, 0.6) is 11.5 Å². The van der Waals surface area contributed by atoms with Gasteiger partial charge in [-0.1, -0.05) is 24.3 Å². The van der Waals surface area contributed by atoms with Crippen LogP contribution in [-0.2, 0) is 0 Å². The highest BCUT2D eigenvalue weighted by Crippen LogP contribution is 2.09. The lowest BCUT2D eigenvalue weighted by Crippen LogP contribution is -2.28. The van der Waals surface area contributed by atoms with Crippen LogP contribution in [0.3, 0.4) is 0 Å². The minimum Gasteiger partial charge on any atom is -0.508 e. The van der Waals surface area contributed by atoms with E-state index in [1.54, 1.807) is 48.5 Å². The van der Waals surface area contributed by atoms with E-state index in [2.05, 4.69) is 21.1 Å². The average molecular weight is 314 g/mol. The summed E-state index contributed by atoms with van der Waals surface area (Å²) in [6.45, 7) is 0. The number of nitrogens with one attached hydrogen (secondary N) is 2. The van der Waals surface area contributed by atoms with Crippen LogP contribution in [0.25, 0.3) is 0 Å². The van der Waals surface area contributed by atoms with Crippen molar-refractivity contribution in [3.63, 3.8) is 0 Å². The first-order valence-corrected chi connectivity index (χ1v) is 6.74. The van der Waals surface area contributed by atoms with E-state index in [0.717, 1.165) is 11.1 Å². The van der Waals surface area contributed by atoms with Gasteiger partial charge in [-0.3, -0.25) is 10.9 Å². The molecule has 0 radical (unpaired) electrons. The fourth-order valence-corrected chi connectivity index (χ4v) is 1.67. The lowest BCUT2D eigenvalue weighted by atomic mass is 10.2. The van der Waals surface area contributed by atoms with Gasteiger partial charge in [0.1, 0.15) is 11.5 Å². The maximum atomic E-state index is 9.31. The smallest absolute Gasteiger partial charge is 0.207 e. The van der Waals surface area contributed by atoms with E-state index in [1.165, 1.54) is 12.4 Å². The Hall–Kier alpha value is -2.93. The topological polar surface area (TPSA) is 89.2 Å². The number of phenols is 2. The third-order valence-electron chi connectivity index (χ3n) is 2.50. The second kappa shape index (κ2) is 7.75. The molecule has 112 valence electrons. The number of hydrazone groups is 2. The Morgan fingerprint density at radius 1 is 0.864 bits per heavy atom. The maximum absolute atomic E-state index is 9.31. The molecule has 0 atom stereocenters. The summed E-state index contributed by atoms with van der Waals surface area (Å²) in [6, 6.07) is 13.3. The van der Waals surface area contributed by atoms with Crippen molar-refractivity contribution in [3.8, 4) is 11.5 Å². The van der Waals surface area contributed by atoms with Gasteiger partial charge in [0, 0.05) is 0 Å². The SMILES string of the molecule is Oc1cccc(/C=N\NC(=S)N/N=C\c2cccc(O)c2)c1. The van der Waals surface area contributed by atoms with E-state index in [1.807, 2.05) is 0 Å². The van der Waals surface area contributed by atoms with Gasteiger partial charge in [-0.2, -0.15) is 10.2 Å². The molecule has 0 bridgehead atoms. The molecule has 0 aliphatic rings. The van der Waals surface area contributed by atoms with E-state index >= 15 is 0 Å². The van der Waals surface area contributed by atoms with Crippen molar-refractivity contribution in [2.45, 2.75) is 0 Å². The molecule has 6 nitrogen and oxygen atoms in total. The molecule has 22 heavy (non-hydrogen) atoms. The lowest BCUT2D eigenvalue weighted by molar-refractivity contribution is 0.474. The molecule has 0 amide bonds. The number of hydrogen-bond acceptors (Lipinski definition) is 5. The Labute approximate surface area is 132 Å². The van der Waals surface area contributed by atoms with E-state index in [0.29, 0.717) is 0 Å². The van der Waals surface area contributed by atoms with Crippen LogP contribution >= 0.6 is 12.2 Å². The van der Waals surface area contributed by atoms with E-state index in [4.69, 9.17) is 12.2 Å². The highest BCUT2D eigenvalue weighted by Gasteiger charge is 1.93. The van der Waals surface area contributed by atoms with Gasteiger partial charge in [0.15, 0.2) is 0 Å². The summed E-state index contributed by atoms with van der Waals surface area (Å²) in [5.41, 5.74) is 6.66. The van der Waals surface area contributed by atoms with Crippen molar-refractivity contribution in [1.29, 1.82) is 0 Å². The molecule has 0 saturated carbocycles. The van der Waals surface area contributed by atoms with Crippen molar-refractivity contribution in [1.82, 2.24) is 10.9 Å². The van der Waals surface area contributed by atoms with Gasteiger partial charge >= 0.3 is 0 Å². The first-order chi connectivity index (χ1) is 10.6. The van der Waals surface area contributed by atoms with Gasteiger partial charge < -0.3 is 10.2 Å². The van der Waals surface area contributed by atoms with Gasteiger partial charge in [0.25, 0.3) is 0 Å². The quantitative estimate of drug-likeness (QED) is 0.393. The zero-order valence-corrected chi connectivity index (χ0v) is 12.3. The van der Waals surface area contributed by atoms with Crippen LogP contribution in [0.15, 0.2) is 58.7 Å². The molecule has 7 heteroatoms. The third kappa shape index (κ3) is 5.22. The van der Waals surface area contributed by atoms with Crippen LogP contribution < -0.4 is 10.9 Å². The van der Waals surface area contributed by atoms with Crippen molar-refractivity contribution in [2.75, 3.05) is 0 Å². The van der Waals surface area contributed by atoms with E-state index in [-0.39, 0.29) is 16.6 Å². The highest BCUT2D eigenvalue weighted by atomic mass is 32.1. The lowest BCUT2D eigenvalue weighted by Gasteiger charge is -2.01. The summed E-state index contributed by atoms with van der Waals surface area (Å²) in [7, 11) is 0. The van der Waals surface area contributed by atoms with Crippen LogP contribution in [0.4, 0.5) is 0 Å². The normalized spacial score (nSPS) is 10.9. The first kappa shape index (κ1) is 15.5. The molecule has 2 rings (SSSR count). The molecular formula is C15H14N4O2S. The van der Waals surface area contributed by atoms with Gasteiger partial charge in [0.2, 0.25) is 5.11 Å². The standard InChI is InChI=1S/C15H14N4O2S/c20-13-5-1-3-11(7-13)9-16-18-15(22)19-17-10-12-4-2-6-14(21)8-12/h1-10,20-21H,(H2,18,19,22)/b16-9-,17-10-. The Morgan fingerprint density at radius 3 is 1.73 bits per heavy atom. The fraction of sp³-hybridized carbons (Fsp3) is 0. The predicted octanol–water partition coefficient (Wildman–Crippen LogP) is 1.93. The van der Waals surface area contributed by atoms with Crippen molar-refractivity contribution in [2.24, 2.45) is 10.2 Å². The Morgan fingerprint density at radius 2 is 1.32 bits per heavy atom. The molecule has 0 unspecified atom stereocenters. The summed E-state index contributed by atoms with van der Waals surface area (Å²) in [5, 5.41) is 26.7. The zero-order chi connectivity index (χ0) is 15.8. The molecule has 0 saturated heterocycles. The van der Waals surface area contributed by atoms with Crippen molar-refractivity contribution in [3.05, 3.63) is 59.7 Å². The molecule has 0 fully saturated rings. The van der Waals surface area contributed by atoms with Gasteiger partial charge in [-0.05, 0) is 47.6 Å². The van der Waals surface area contributed by atoms with E-state index in [9.17, 15) is 10.2 Å².